The van der Waals surface area contributed by atoms with Crippen molar-refractivity contribution in [2.24, 2.45) is 0 Å². The monoisotopic (exact) mass is 371 g/mol. The van der Waals surface area contributed by atoms with Crippen molar-refractivity contribution >= 4 is 34.8 Å². The molecule has 0 unspecified atom stereocenters. The number of thiocarbonyl (C=S) groups is 1. The number of carbonyl (C=O) groups is 2. The minimum Gasteiger partial charge on any atom is -0.493 e. The van der Waals surface area contributed by atoms with E-state index in [1.807, 2.05) is 13.8 Å². The largest absolute Gasteiger partial charge is 0.493 e. The predicted octanol–water partition coefficient (Wildman–Crippen LogP) is 2.96. The summed E-state index contributed by atoms with van der Waals surface area (Å²) in [5.74, 6) is -0.0447. The Morgan fingerprint density at radius 2 is 1.81 bits per heavy atom. The summed E-state index contributed by atoms with van der Waals surface area (Å²) in [4.78, 5) is 24.3. The standard InChI is InChI=1S/C19H21N3O3S/c1-3-20-17(23)13-8-7-9-14(12-13)21-19(26)22-18(24)15-10-5-6-11-16(15)25-4-2/h5-12H,3-4H2,1-2H3,(H,20,23)(H2,21,22,24,26). The fourth-order valence-corrected chi connectivity index (χ4v) is 2.48. The van der Waals surface area contributed by atoms with Gasteiger partial charge in [-0.2, -0.15) is 0 Å². The van der Waals surface area contributed by atoms with Crippen molar-refractivity contribution in [2.75, 3.05) is 18.5 Å². The molecule has 0 atom stereocenters. The van der Waals surface area contributed by atoms with Gasteiger partial charge in [0.1, 0.15) is 5.75 Å². The maximum absolute atomic E-state index is 12.4. The second-order valence-electron chi connectivity index (χ2n) is 5.28. The topological polar surface area (TPSA) is 79.5 Å². The molecule has 6 nitrogen and oxygen atoms in total. The zero-order valence-corrected chi connectivity index (χ0v) is 15.5. The third-order valence-corrected chi connectivity index (χ3v) is 3.58. The van der Waals surface area contributed by atoms with Crippen molar-refractivity contribution in [3.05, 3.63) is 59.7 Å². The van der Waals surface area contributed by atoms with Gasteiger partial charge in [-0.1, -0.05) is 18.2 Å². The molecule has 136 valence electrons. The summed E-state index contributed by atoms with van der Waals surface area (Å²) >= 11 is 5.20. The molecule has 2 rings (SSSR count). The van der Waals surface area contributed by atoms with E-state index in [4.69, 9.17) is 17.0 Å². The normalized spacial score (nSPS) is 9.92. The highest BCUT2D eigenvalue weighted by atomic mass is 32.1. The minimum atomic E-state index is -0.369. The number of anilines is 1. The van der Waals surface area contributed by atoms with Gasteiger partial charge < -0.3 is 15.4 Å². The molecular weight excluding hydrogens is 350 g/mol. The van der Waals surface area contributed by atoms with Crippen molar-refractivity contribution < 1.29 is 14.3 Å². The Bertz CT molecular complexity index is 808. The lowest BCUT2D eigenvalue weighted by Crippen LogP contribution is -2.34. The van der Waals surface area contributed by atoms with Gasteiger partial charge in [0, 0.05) is 17.8 Å². The number of benzene rings is 2. The third-order valence-electron chi connectivity index (χ3n) is 3.38. The van der Waals surface area contributed by atoms with E-state index >= 15 is 0 Å². The van der Waals surface area contributed by atoms with Crippen LogP contribution in [-0.4, -0.2) is 30.1 Å². The fraction of sp³-hybridized carbons (Fsp3) is 0.211. The van der Waals surface area contributed by atoms with Crippen molar-refractivity contribution in [3.8, 4) is 5.75 Å². The van der Waals surface area contributed by atoms with E-state index in [0.29, 0.717) is 35.7 Å². The van der Waals surface area contributed by atoms with Gasteiger partial charge in [-0.3, -0.25) is 14.9 Å². The van der Waals surface area contributed by atoms with Crippen LogP contribution in [0.2, 0.25) is 0 Å². The molecule has 0 aliphatic rings. The lowest BCUT2D eigenvalue weighted by Gasteiger charge is -2.13. The van der Waals surface area contributed by atoms with E-state index in [2.05, 4.69) is 16.0 Å². The number of rotatable bonds is 6. The Morgan fingerprint density at radius 3 is 2.54 bits per heavy atom. The number of amides is 2. The molecule has 0 saturated carbocycles. The first-order chi connectivity index (χ1) is 12.5. The number of carbonyl (C=O) groups excluding carboxylic acids is 2. The Balaban J connectivity index is 2.04. The second-order valence-corrected chi connectivity index (χ2v) is 5.69. The van der Waals surface area contributed by atoms with Crippen LogP contribution in [0.25, 0.3) is 0 Å². The van der Waals surface area contributed by atoms with E-state index < -0.39 is 0 Å². The van der Waals surface area contributed by atoms with Crippen LogP contribution in [0.3, 0.4) is 0 Å². The molecule has 2 aromatic rings. The van der Waals surface area contributed by atoms with Crippen molar-refractivity contribution in [2.45, 2.75) is 13.8 Å². The van der Waals surface area contributed by atoms with Crippen molar-refractivity contribution in [1.29, 1.82) is 0 Å². The van der Waals surface area contributed by atoms with Gasteiger partial charge in [-0.15, -0.1) is 0 Å². The zero-order valence-electron chi connectivity index (χ0n) is 14.7. The van der Waals surface area contributed by atoms with Crippen LogP contribution >= 0.6 is 12.2 Å². The first-order valence-corrected chi connectivity index (χ1v) is 8.68. The quantitative estimate of drug-likeness (QED) is 0.681. The van der Waals surface area contributed by atoms with Crippen LogP contribution in [0.5, 0.6) is 5.75 Å². The number of hydrogen-bond donors (Lipinski definition) is 3. The Labute approximate surface area is 157 Å². The Kier molecular flexibility index (Phi) is 7.11. The molecule has 2 amide bonds. The summed E-state index contributed by atoms with van der Waals surface area (Å²) in [5, 5.41) is 8.39. The van der Waals surface area contributed by atoms with Gasteiger partial charge in [-0.05, 0) is 56.4 Å². The number of ether oxygens (including phenoxy) is 1. The maximum atomic E-state index is 12.4. The molecule has 26 heavy (non-hydrogen) atoms. The van der Waals surface area contributed by atoms with Gasteiger partial charge in [-0.25, -0.2) is 0 Å². The van der Waals surface area contributed by atoms with Gasteiger partial charge in [0.2, 0.25) is 0 Å². The third kappa shape index (κ3) is 5.29. The highest BCUT2D eigenvalue weighted by Gasteiger charge is 2.13. The average Bonchev–Trinajstić information content (AvgIpc) is 2.62. The Hall–Kier alpha value is -2.93. The smallest absolute Gasteiger partial charge is 0.261 e. The zero-order chi connectivity index (χ0) is 18.9. The molecule has 3 N–H and O–H groups in total. The van der Waals surface area contributed by atoms with Gasteiger partial charge in [0.05, 0.1) is 12.2 Å². The molecule has 0 aliphatic heterocycles. The highest BCUT2D eigenvalue weighted by Crippen LogP contribution is 2.18. The van der Waals surface area contributed by atoms with Gasteiger partial charge in [0.15, 0.2) is 5.11 Å². The number of para-hydroxylation sites is 1. The molecular formula is C19H21N3O3S. The SMILES string of the molecule is CCNC(=O)c1cccc(NC(=S)NC(=O)c2ccccc2OCC)c1. The molecule has 0 bridgehead atoms. The van der Waals surface area contributed by atoms with E-state index in [1.165, 1.54) is 0 Å². The van der Waals surface area contributed by atoms with Crippen LogP contribution in [-0.2, 0) is 0 Å². The average molecular weight is 371 g/mol. The van der Waals surface area contributed by atoms with Crippen LogP contribution < -0.4 is 20.7 Å². The first kappa shape index (κ1) is 19.4. The minimum absolute atomic E-state index is 0.134. The van der Waals surface area contributed by atoms with Crippen molar-refractivity contribution in [1.82, 2.24) is 10.6 Å². The van der Waals surface area contributed by atoms with Gasteiger partial charge in [0.25, 0.3) is 11.8 Å². The Morgan fingerprint density at radius 1 is 1.04 bits per heavy atom. The lowest BCUT2D eigenvalue weighted by molar-refractivity contribution is 0.0952. The first-order valence-electron chi connectivity index (χ1n) is 8.27. The summed E-state index contributed by atoms with van der Waals surface area (Å²) in [5.41, 5.74) is 1.51. The summed E-state index contributed by atoms with van der Waals surface area (Å²) in [6.45, 7) is 4.71. The van der Waals surface area contributed by atoms with E-state index in [9.17, 15) is 9.59 Å². The maximum Gasteiger partial charge on any atom is 0.261 e. The molecule has 0 fully saturated rings. The van der Waals surface area contributed by atoms with Crippen LogP contribution in [0.1, 0.15) is 34.6 Å². The lowest BCUT2D eigenvalue weighted by atomic mass is 10.2. The predicted molar refractivity (Wildman–Crippen MR) is 106 cm³/mol. The molecule has 0 aliphatic carbocycles. The van der Waals surface area contributed by atoms with Gasteiger partial charge >= 0.3 is 0 Å². The molecule has 0 radical (unpaired) electrons. The summed E-state index contributed by atoms with van der Waals surface area (Å²) < 4.78 is 5.45. The summed E-state index contributed by atoms with van der Waals surface area (Å²) in [6, 6.07) is 13.8. The van der Waals surface area contributed by atoms with Crippen LogP contribution in [0.4, 0.5) is 5.69 Å². The molecule has 0 heterocycles. The molecule has 0 saturated heterocycles. The van der Waals surface area contributed by atoms with E-state index in [0.717, 1.165) is 0 Å². The highest BCUT2D eigenvalue weighted by molar-refractivity contribution is 7.80. The van der Waals surface area contributed by atoms with Crippen molar-refractivity contribution in [3.63, 3.8) is 0 Å². The molecule has 0 aromatic heterocycles. The molecule has 0 spiro atoms. The molecule has 7 heteroatoms. The summed E-state index contributed by atoms with van der Waals surface area (Å²) in [6.07, 6.45) is 0. The van der Waals surface area contributed by atoms with Crippen LogP contribution in [0, 0.1) is 0 Å². The summed E-state index contributed by atoms with van der Waals surface area (Å²) in [7, 11) is 0. The van der Waals surface area contributed by atoms with E-state index in [-0.39, 0.29) is 16.9 Å². The van der Waals surface area contributed by atoms with E-state index in [1.54, 1.807) is 48.5 Å². The number of hydrogen-bond acceptors (Lipinski definition) is 4. The van der Waals surface area contributed by atoms with Crippen LogP contribution in [0.15, 0.2) is 48.5 Å². The second kappa shape index (κ2) is 9.53. The fourth-order valence-electron chi connectivity index (χ4n) is 2.27. The number of nitrogens with one attached hydrogen (secondary N) is 3. The molecule has 2 aromatic carbocycles.